The number of rotatable bonds is 8. The van der Waals surface area contributed by atoms with Gasteiger partial charge < -0.3 is 20.2 Å². The first-order valence-corrected chi connectivity index (χ1v) is 15.4. The Morgan fingerprint density at radius 3 is 2.59 bits per heavy atom. The predicted octanol–water partition coefficient (Wildman–Crippen LogP) is 5.72. The maximum atomic E-state index is 13.6. The van der Waals surface area contributed by atoms with Crippen LogP contribution in [0, 0.1) is 38.0 Å². The first kappa shape index (κ1) is 27.6. The van der Waals surface area contributed by atoms with Gasteiger partial charge in [0.15, 0.2) is 0 Å². The van der Waals surface area contributed by atoms with Crippen molar-refractivity contribution in [3.63, 3.8) is 0 Å². The first-order valence-electron chi connectivity index (χ1n) is 14.2. The number of hydrogen-bond acceptors (Lipinski definition) is 4. The van der Waals surface area contributed by atoms with Crippen molar-refractivity contribution in [3.05, 3.63) is 63.2 Å². The normalized spacial score (nSPS) is 23.7. The molecule has 3 N–H and O–H groups in total. The number of aryl methyl sites for hydroxylation is 1. The number of thioether (sulfide) groups is 1. The van der Waals surface area contributed by atoms with Gasteiger partial charge in [-0.15, -0.1) is 24.1 Å². The van der Waals surface area contributed by atoms with E-state index in [-0.39, 0.29) is 24.1 Å². The zero-order chi connectivity index (χ0) is 27.7. The molecule has 1 amide bonds. The van der Waals surface area contributed by atoms with Crippen LogP contribution in [0.4, 0.5) is 0 Å². The number of fused-ring (bicyclic) bond motifs is 1. The van der Waals surface area contributed by atoms with E-state index in [0.29, 0.717) is 35.0 Å². The number of nitrogens with zero attached hydrogens (tertiary/aromatic N) is 1. The van der Waals surface area contributed by atoms with Gasteiger partial charge in [-0.1, -0.05) is 18.2 Å². The van der Waals surface area contributed by atoms with E-state index < -0.39 is 0 Å². The number of carbonyl (C=O) groups excluding carboxylic acids is 1. The Morgan fingerprint density at radius 2 is 1.90 bits per heavy atom. The lowest BCUT2D eigenvalue weighted by Crippen LogP contribution is -2.47. The van der Waals surface area contributed by atoms with Crippen LogP contribution in [0.25, 0.3) is 10.9 Å². The van der Waals surface area contributed by atoms with E-state index in [9.17, 15) is 9.59 Å². The Labute approximate surface area is 235 Å². The smallest absolute Gasteiger partial charge is 0.254 e. The van der Waals surface area contributed by atoms with E-state index >= 15 is 0 Å². The summed E-state index contributed by atoms with van der Waals surface area (Å²) in [5.74, 6) is 3.76. The van der Waals surface area contributed by atoms with Crippen molar-refractivity contribution in [2.45, 2.75) is 88.9 Å². The fourth-order valence-corrected chi connectivity index (χ4v) is 7.40. The molecule has 5 rings (SSSR count). The van der Waals surface area contributed by atoms with E-state index in [4.69, 9.17) is 6.42 Å². The van der Waals surface area contributed by atoms with Crippen LogP contribution in [-0.4, -0.2) is 33.8 Å². The molecule has 0 saturated heterocycles. The summed E-state index contributed by atoms with van der Waals surface area (Å²) in [6.07, 6.45) is 14.4. The molecule has 206 valence electrons. The van der Waals surface area contributed by atoms with Crippen molar-refractivity contribution in [2.24, 2.45) is 11.8 Å². The fraction of sp³-hybridized carbons (Fsp3) is 0.500. The largest absolute Gasteiger partial charge is 0.348 e. The van der Waals surface area contributed by atoms with Gasteiger partial charge in [0.05, 0.1) is 5.56 Å². The highest BCUT2D eigenvalue weighted by molar-refractivity contribution is 7.98. The molecule has 0 aliphatic heterocycles. The minimum atomic E-state index is -0.148. The van der Waals surface area contributed by atoms with Crippen LogP contribution in [0.5, 0.6) is 0 Å². The number of amides is 1. The van der Waals surface area contributed by atoms with Crippen molar-refractivity contribution in [1.29, 1.82) is 0 Å². The van der Waals surface area contributed by atoms with Crippen molar-refractivity contribution >= 4 is 28.6 Å². The Bertz CT molecular complexity index is 1450. The molecule has 39 heavy (non-hydrogen) atoms. The molecular formula is C32H40N4O2S. The molecule has 2 fully saturated rings. The lowest BCUT2D eigenvalue weighted by Gasteiger charge is -2.39. The third-order valence-electron chi connectivity index (χ3n) is 8.97. The summed E-state index contributed by atoms with van der Waals surface area (Å²) in [4.78, 5) is 30.0. The molecule has 1 atom stereocenters. The number of pyridine rings is 1. The number of carbonyl (C=O) groups is 1. The van der Waals surface area contributed by atoms with E-state index in [0.717, 1.165) is 40.0 Å². The average molecular weight is 545 g/mol. The summed E-state index contributed by atoms with van der Waals surface area (Å²) < 4.78 is 2.37. The van der Waals surface area contributed by atoms with Crippen LogP contribution in [0.1, 0.15) is 78.8 Å². The predicted molar refractivity (Wildman–Crippen MR) is 160 cm³/mol. The van der Waals surface area contributed by atoms with Crippen LogP contribution < -0.4 is 16.2 Å². The van der Waals surface area contributed by atoms with Gasteiger partial charge in [0.25, 0.3) is 11.5 Å². The van der Waals surface area contributed by atoms with Crippen LogP contribution in [0.2, 0.25) is 0 Å². The maximum absolute atomic E-state index is 13.6. The van der Waals surface area contributed by atoms with Crippen LogP contribution >= 0.6 is 11.8 Å². The molecule has 0 spiro atoms. The van der Waals surface area contributed by atoms with Gasteiger partial charge >= 0.3 is 0 Å². The maximum Gasteiger partial charge on any atom is 0.254 e. The number of H-pyrrole nitrogens is 1. The van der Waals surface area contributed by atoms with Crippen LogP contribution in [0.3, 0.4) is 0 Å². The summed E-state index contributed by atoms with van der Waals surface area (Å²) >= 11 is 1.52. The molecule has 7 heteroatoms. The van der Waals surface area contributed by atoms with E-state index in [2.05, 4.69) is 46.0 Å². The molecule has 2 heterocycles. The van der Waals surface area contributed by atoms with Gasteiger partial charge in [-0.25, -0.2) is 0 Å². The van der Waals surface area contributed by atoms with Gasteiger partial charge in [-0.3, -0.25) is 9.59 Å². The topological polar surface area (TPSA) is 78.9 Å². The molecule has 2 aliphatic carbocycles. The number of hydrogen-bond donors (Lipinski definition) is 3. The molecule has 2 aromatic heterocycles. The summed E-state index contributed by atoms with van der Waals surface area (Å²) in [6.45, 7) is 6.43. The monoisotopic (exact) mass is 544 g/mol. The minimum Gasteiger partial charge on any atom is -0.348 e. The van der Waals surface area contributed by atoms with Crippen molar-refractivity contribution < 1.29 is 4.79 Å². The molecule has 2 saturated carbocycles. The third-order valence-corrected chi connectivity index (χ3v) is 9.77. The number of nitrogens with one attached hydrogen (secondary N) is 3. The van der Waals surface area contributed by atoms with Crippen molar-refractivity contribution in [1.82, 2.24) is 20.2 Å². The molecule has 0 radical (unpaired) electrons. The second-order valence-electron chi connectivity index (χ2n) is 11.4. The summed E-state index contributed by atoms with van der Waals surface area (Å²) in [6, 6.07) is 11.6. The summed E-state index contributed by atoms with van der Waals surface area (Å²) in [5.41, 5.74) is 4.05. The highest BCUT2D eigenvalue weighted by atomic mass is 32.2. The van der Waals surface area contributed by atoms with Gasteiger partial charge in [0, 0.05) is 63.3 Å². The molecule has 3 aromatic rings. The van der Waals surface area contributed by atoms with E-state index in [1.165, 1.54) is 37.4 Å². The zero-order valence-electron chi connectivity index (χ0n) is 23.5. The van der Waals surface area contributed by atoms with Crippen molar-refractivity contribution in [2.75, 3.05) is 6.26 Å². The highest BCUT2D eigenvalue weighted by Crippen LogP contribution is 2.38. The summed E-state index contributed by atoms with van der Waals surface area (Å²) in [5, 5.41) is 7.85. The Balaban J connectivity index is 1.32. The van der Waals surface area contributed by atoms with Crippen LogP contribution in [0.15, 0.2) is 40.0 Å². The first-order chi connectivity index (χ1) is 18.8. The van der Waals surface area contributed by atoms with Gasteiger partial charge in [-0.05, 0) is 83.6 Å². The molecule has 1 aromatic carbocycles. The highest BCUT2D eigenvalue weighted by Gasteiger charge is 2.33. The number of para-hydroxylation sites is 1. The minimum absolute atomic E-state index is 0.139. The SMILES string of the molecule is C#CC1CC(NC2CCC([C@@H](C)n3c(C)c(C(=O)NCc4c(SC)cc(C)[nH]c4=O)c4ccccc43)CC2)C1. The second-order valence-corrected chi connectivity index (χ2v) is 12.3. The van der Waals surface area contributed by atoms with Gasteiger partial charge in [-0.2, -0.15) is 0 Å². The molecular weight excluding hydrogens is 504 g/mol. The van der Waals surface area contributed by atoms with Crippen molar-refractivity contribution in [3.8, 4) is 12.3 Å². The number of aromatic nitrogens is 2. The van der Waals surface area contributed by atoms with E-state index in [1.54, 1.807) is 0 Å². The molecule has 0 unspecified atom stereocenters. The quantitative estimate of drug-likeness (QED) is 0.250. The Morgan fingerprint density at radius 1 is 1.18 bits per heavy atom. The van der Waals surface area contributed by atoms with E-state index in [1.807, 2.05) is 37.4 Å². The lowest BCUT2D eigenvalue weighted by molar-refractivity contribution is 0.0951. The average Bonchev–Trinajstić information content (AvgIpc) is 3.20. The Hall–Kier alpha value is -2.95. The number of benzene rings is 1. The van der Waals surface area contributed by atoms with Crippen LogP contribution in [-0.2, 0) is 6.54 Å². The number of terminal acetylenes is 1. The summed E-state index contributed by atoms with van der Waals surface area (Å²) in [7, 11) is 0. The van der Waals surface area contributed by atoms with Gasteiger partial charge in [0.2, 0.25) is 0 Å². The third kappa shape index (κ3) is 5.55. The number of aromatic amines is 1. The lowest BCUT2D eigenvalue weighted by atomic mass is 9.78. The molecule has 2 aliphatic rings. The fourth-order valence-electron chi connectivity index (χ4n) is 6.70. The Kier molecular flexibility index (Phi) is 8.25. The second kappa shape index (κ2) is 11.7. The molecule has 0 bridgehead atoms. The molecule has 6 nitrogen and oxygen atoms in total. The zero-order valence-corrected chi connectivity index (χ0v) is 24.3. The standard InChI is InChI=1S/C32H40N4O2S/c1-6-22-16-25(17-22)35-24-13-11-23(12-14-24)20(3)36-21(4)30(26-9-7-8-10-28(26)36)32(38)33-18-27-29(39-5)15-19(2)34-31(27)37/h1,7-10,15,20,22-25,35H,11-14,16-18H2,2-5H3,(H,33,38)(H,34,37)/t20-,22?,23?,24?,25?/m1/s1. The van der Waals surface area contributed by atoms with Gasteiger partial charge in [0.1, 0.15) is 0 Å².